The average molecular weight is 288 g/mol. The lowest BCUT2D eigenvalue weighted by Gasteiger charge is -2.14. The zero-order chi connectivity index (χ0) is 14.7. The minimum absolute atomic E-state index is 0.0359. The lowest BCUT2D eigenvalue weighted by molar-refractivity contribution is 0.130. The van der Waals surface area contributed by atoms with Crippen molar-refractivity contribution in [2.75, 3.05) is 0 Å². The average Bonchev–Trinajstić information content (AvgIpc) is 3.18. The number of hydrogen-bond donors (Lipinski definition) is 2. The molecule has 1 aromatic heterocycles. The van der Waals surface area contributed by atoms with Crippen LogP contribution in [0.4, 0.5) is 0 Å². The molecule has 4 heteroatoms. The zero-order valence-electron chi connectivity index (χ0n) is 12.6. The third-order valence-electron chi connectivity index (χ3n) is 4.13. The number of aliphatic hydroxyl groups is 1. The molecule has 0 saturated heterocycles. The number of aryl methyl sites for hydroxylation is 1. The molecule has 2 N–H and O–H groups in total. The Labute approximate surface area is 125 Å². The minimum atomic E-state index is 0.0359. The Morgan fingerprint density at radius 3 is 2.52 bits per heavy atom. The summed E-state index contributed by atoms with van der Waals surface area (Å²) in [5.41, 5.74) is 2.23. The quantitative estimate of drug-likeness (QED) is 0.885. The molecule has 2 aromatic rings. The van der Waals surface area contributed by atoms with E-state index in [0.29, 0.717) is 6.10 Å². The number of hydrogen-bond acceptors (Lipinski definition) is 3. The van der Waals surface area contributed by atoms with E-state index in [9.17, 15) is 0 Å². The second kappa shape index (κ2) is 6.48. The summed E-state index contributed by atoms with van der Waals surface area (Å²) in [7, 11) is 0. The number of ether oxygens (including phenoxy) is 1. The number of aromatic amines is 1. The summed E-state index contributed by atoms with van der Waals surface area (Å²) >= 11 is 0. The molecule has 0 bridgehead atoms. The number of nitrogens with one attached hydrogen (secondary N) is 1. The number of fused-ring (bicyclic) bond motifs is 1. The molecule has 0 amide bonds. The van der Waals surface area contributed by atoms with Crippen LogP contribution in [-0.4, -0.2) is 27.5 Å². The first-order valence-electron chi connectivity index (χ1n) is 8.01. The van der Waals surface area contributed by atoms with Crippen LogP contribution in [0.3, 0.4) is 0 Å². The predicted octanol–water partition coefficient (Wildman–Crippen LogP) is 3.72. The number of aliphatic hydroxyl groups excluding tert-OH is 1. The van der Waals surface area contributed by atoms with Gasteiger partial charge in [-0.1, -0.05) is 19.3 Å². The van der Waals surface area contributed by atoms with Gasteiger partial charge in [-0.05, 0) is 44.2 Å². The van der Waals surface area contributed by atoms with Crippen molar-refractivity contribution in [1.29, 1.82) is 0 Å². The molecule has 0 radical (unpaired) electrons. The van der Waals surface area contributed by atoms with Crippen LogP contribution < -0.4 is 4.74 Å². The number of H-pyrrole nitrogens is 1. The highest BCUT2D eigenvalue weighted by molar-refractivity contribution is 5.80. The van der Waals surface area contributed by atoms with Gasteiger partial charge in [-0.25, -0.2) is 0 Å². The number of rotatable bonds is 2. The van der Waals surface area contributed by atoms with E-state index < -0.39 is 0 Å². The summed E-state index contributed by atoms with van der Waals surface area (Å²) in [6.45, 7) is 2.07. The molecule has 114 valence electrons. The molecule has 2 aliphatic rings. The van der Waals surface area contributed by atoms with Crippen LogP contribution in [0.5, 0.6) is 5.75 Å². The monoisotopic (exact) mass is 288 g/mol. The minimum Gasteiger partial charge on any atom is -0.490 e. The van der Waals surface area contributed by atoms with Gasteiger partial charge in [-0.15, -0.1) is 0 Å². The van der Waals surface area contributed by atoms with E-state index >= 15 is 0 Å². The first-order valence-corrected chi connectivity index (χ1v) is 8.01. The number of benzene rings is 1. The van der Waals surface area contributed by atoms with Gasteiger partial charge < -0.3 is 9.84 Å². The molecule has 4 rings (SSSR count). The molecular formula is C17H24N2O2. The van der Waals surface area contributed by atoms with Crippen molar-refractivity contribution in [1.82, 2.24) is 10.2 Å². The van der Waals surface area contributed by atoms with E-state index in [0.717, 1.165) is 29.5 Å². The van der Waals surface area contributed by atoms with E-state index in [4.69, 9.17) is 9.84 Å². The molecule has 4 nitrogen and oxygen atoms in total. The van der Waals surface area contributed by atoms with Gasteiger partial charge in [-0.3, -0.25) is 5.10 Å². The summed E-state index contributed by atoms with van der Waals surface area (Å²) in [5.74, 6) is 0.990. The van der Waals surface area contributed by atoms with Crippen molar-refractivity contribution in [2.45, 2.75) is 64.1 Å². The Bertz CT molecular complexity index is 583. The van der Waals surface area contributed by atoms with Crippen LogP contribution in [0.2, 0.25) is 0 Å². The van der Waals surface area contributed by atoms with Gasteiger partial charge in [0.25, 0.3) is 0 Å². The van der Waals surface area contributed by atoms with Crippen molar-refractivity contribution in [3.63, 3.8) is 0 Å². The fourth-order valence-electron chi connectivity index (χ4n) is 2.66. The molecule has 2 saturated carbocycles. The highest BCUT2D eigenvalue weighted by atomic mass is 16.5. The largest absolute Gasteiger partial charge is 0.490 e. The number of nitrogens with zero attached hydrogens (tertiary/aromatic N) is 1. The highest BCUT2D eigenvalue weighted by Crippen LogP contribution is 2.31. The SMILES string of the molecule is Cc1cc2cn[nH]c2cc1OC1CC1.OC1CCCCC1. The first-order chi connectivity index (χ1) is 10.2. The molecule has 0 unspecified atom stereocenters. The molecule has 1 aromatic carbocycles. The Morgan fingerprint density at radius 1 is 1.14 bits per heavy atom. The fraction of sp³-hybridized carbons (Fsp3) is 0.588. The van der Waals surface area contributed by atoms with Gasteiger partial charge in [0.05, 0.1) is 23.9 Å². The fourth-order valence-corrected chi connectivity index (χ4v) is 2.66. The van der Waals surface area contributed by atoms with Gasteiger partial charge in [-0.2, -0.15) is 5.10 Å². The van der Waals surface area contributed by atoms with Crippen molar-refractivity contribution in [3.05, 3.63) is 23.9 Å². The van der Waals surface area contributed by atoms with Crippen molar-refractivity contribution < 1.29 is 9.84 Å². The first kappa shape index (κ1) is 14.4. The maximum absolute atomic E-state index is 8.91. The van der Waals surface area contributed by atoms with E-state index in [-0.39, 0.29) is 6.10 Å². The topological polar surface area (TPSA) is 58.1 Å². The summed E-state index contributed by atoms with van der Waals surface area (Å²) in [4.78, 5) is 0. The van der Waals surface area contributed by atoms with Crippen LogP contribution in [0.25, 0.3) is 10.9 Å². The normalized spacial score (nSPS) is 19.1. The summed E-state index contributed by atoms with van der Waals surface area (Å²) < 4.78 is 5.79. The van der Waals surface area contributed by atoms with Crippen LogP contribution in [0.15, 0.2) is 18.3 Å². The van der Waals surface area contributed by atoms with E-state index in [1.807, 2.05) is 12.3 Å². The molecule has 1 heterocycles. The lowest BCUT2D eigenvalue weighted by Crippen LogP contribution is -2.09. The van der Waals surface area contributed by atoms with Crippen LogP contribution in [0, 0.1) is 6.92 Å². The Balaban J connectivity index is 0.000000160. The molecule has 21 heavy (non-hydrogen) atoms. The predicted molar refractivity (Wildman–Crippen MR) is 83.6 cm³/mol. The van der Waals surface area contributed by atoms with Crippen molar-refractivity contribution in [3.8, 4) is 5.75 Å². The van der Waals surface area contributed by atoms with Crippen molar-refractivity contribution in [2.24, 2.45) is 0 Å². The van der Waals surface area contributed by atoms with Crippen LogP contribution in [-0.2, 0) is 0 Å². The smallest absolute Gasteiger partial charge is 0.124 e. The van der Waals surface area contributed by atoms with E-state index in [2.05, 4.69) is 23.2 Å². The molecule has 0 atom stereocenters. The van der Waals surface area contributed by atoms with Crippen LogP contribution in [0.1, 0.15) is 50.5 Å². The third-order valence-corrected chi connectivity index (χ3v) is 4.13. The van der Waals surface area contributed by atoms with Gasteiger partial charge in [0.15, 0.2) is 0 Å². The molecular weight excluding hydrogens is 264 g/mol. The molecule has 2 aliphatic carbocycles. The van der Waals surface area contributed by atoms with Gasteiger partial charge in [0.2, 0.25) is 0 Å². The van der Waals surface area contributed by atoms with E-state index in [1.54, 1.807) is 0 Å². The second-order valence-corrected chi connectivity index (χ2v) is 6.18. The maximum Gasteiger partial charge on any atom is 0.124 e. The van der Waals surface area contributed by atoms with E-state index in [1.165, 1.54) is 37.7 Å². The van der Waals surface area contributed by atoms with Crippen LogP contribution >= 0.6 is 0 Å². The molecule has 0 aliphatic heterocycles. The summed E-state index contributed by atoms with van der Waals surface area (Å²) in [6.07, 6.45) is 10.6. The van der Waals surface area contributed by atoms with Gasteiger partial charge >= 0.3 is 0 Å². The third kappa shape index (κ3) is 3.97. The molecule has 2 fully saturated rings. The number of aromatic nitrogens is 2. The Morgan fingerprint density at radius 2 is 1.90 bits per heavy atom. The lowest BCUT2D eigenvalue weighted by atomic mass is 9.98. The van der Waals surface area contributed by atoms with Crippen molar-refractivity contribution >= 4 is 10.9 Å². The Kier molecular flexibility index (Phi) is 4.44. The Hall–Kier alpha value is -1.55. The van der Waals surface area contributed by atoms with Gasteiger partial charge in [0, 0.05) is 11.5 Å². The second-order valence-electron chi connectivity index (χ2n) is 6.18. The summed E-state index contributed by atoms with van der Waals surface area (Å²) in [5, 5.41) is 17.0. The summed E-state index contributed by atoms with van der Waals surface area (Å²) in [6, 6.07) is 4.15. The maximum atomic E-state index is 8.91. The molecule has 0 spiro atoms. The highest BCUT2D eigenvalue weighted by Gasteiger charge is 2.24. The standard InChI is InChI=1S/C11H12N2O.C6H12O/c1-7-4-8-6-12-13-10(8)5-11(7)14-9-2-3-9;7-6-4-2-1-3-5-6/h4-6,9H,2-3H2,1H3,(H,12,13);6-7H,1-5H2. The van der Waals surface area contributed by atoms with Gasteiger partial charge in [0.1, 0.15) is 5.75 Å². The zero-order valence-corrected chi connectivity index (χ0v) is 12.6.